The molecule has 0 aromatic carbocycles. The molecule has 0 saturated heterocycles. The number of rotatable bonds is 12. The van der Waals surface area contributed by atoms with E-state index in [1.54, 1.807) is 20.8 Å². The highest BCUT2D eigenvalue weighted by atomic mass is 32.2. The van der Waals surface area contributed by atoms with E-state index in [0.29, 0.717) is 11.9 Å². The van der Waals surface area contributed by atoms with Gasteiger partial charge in [-0.05, 0) is 13.3 Å². The second kappa shape index (κ2) is 11.4. The Labute approximate surface area is 161 Å². The molecule has 154 valence electrons. The predicted octanol–water partition coefficient (Wildman–Crippen LogP) is -1.92. The van der Waals surface area contributed by atoms with Crippen LogP contribution in [-0.2, 0) is 24.0 Å². The normalized spacial score (nSPS) is 13.2. The molecule has 0 rings (SSSR count). The van der Waals surface area contributed by atoms with Gasteiger partial charge in [0.15, 0.2) is 0 Å². The Bertz CT molecular complexity index is 583. The van der Waals surface area contributed by atoms with Gasteiger partial charge in [-0.1, -0.05) is 25.8 Å². The van der Waals surface area contributed by atoms with Crippen LogP contribution in [0.1, 0.15) is 33.6 Å². The van der Waals surface area contributed by atoms with Crippen LogP contribution >= 0.6 is 11.9 Å². The molecule has 0 spiro atoms. The summed E-state index contributed by atoms with van der Waals surface area (Å²) in [6.07, 6.45) is -0.174. The number of hydrogen-bond acceptors (Lipinski definition) is 7. The third-order valence-electron chi connectivity index (χ3n) is 3.51. The molecule has 0 aromatic heterocycles. The summed E-state index contributed by atoms with van der Waals surface area (Å²) in [7, 11) is 0. The van der Waals surface area contributed by atoms with Crippen LogP contribution < -0.4 is 26.8 Å². The monoisotopic (exact) mass is 405 g/mol. The van der Waals surface area contributed by atoms with Crippen LogP contribution in [0.25, 0.3) is 0 Å². The summed E-state index contributed by atoms with van der Waals surface area (Å²) in [5.74, 6) is -3.35. The zero-order valence-corrected chi connectivity index (χ0v) is 16.4. The first-order valence-electron chi connectivity index (χ1n) is 8.10. The maximum Gasteiger partial charge on any atom is 0.305 e. The molecular formula is C15H27N5O6S. The Morgan fingerprint density at radius 3 is 2.19 bits per heavy atom. The third kappa shape index (κ3) is 10.4. The average Bonchev–Trinajstić information content (AvgIpc) is 2.54. The molecule has 2 atom stereocenters. The Balaban J connectivity index is 4.55. The molecule has 12 heteroatoms. The van der Waals surface area contributed by atoms with Gasteiger partial charge in [0.25, 0.3) is 0 Å². The summed E-state index contributed by atoms with van der Waals surface area (Å²) in [5.41, 5.74) is 3.98. The Morgan fingerprint density at radius 1 is 1.11 bits per heavy atom. The lowest BCUT2D eigenvalue weighted by molar-refractivity contribution is -0.138. The van der Waals surface area contributed by atoms with Gasteiger partial charge in [0.2, 0.25) is 23.6 Å². The molecule has 0 heterocycles. The van der Waals surface area contributed by atoms with Crippen molar-refractivity contribution >= 4 is 41.5 Å². The molecule has 27 heavy (non-hydrogen) atoms. The molecule has 0 radical (unpaired) electrons. The standard InChI is InChI=1S/C15H27N5O6S/c1-8(20-13(25)9(27-17)4-12(23)24)5-15(2,3)14(26)19-7-11(22)18-6-10(16)21/h8-9H,4-7,17H2,1-3H3,(H2,16,21)(H,18,22)(H,19,26)(H,20,25)(H,23,24). The summed E-state index contributed by atoms with van der Waals surface area (Å²) in [5, 5.41) is 20.5. The van der Waals surface area contributed by atoms with Crippen LogP contribution in [0.5, 0.6) is 0 Å². The zero-order chi connectivity index (χ0) is 21.2. The van der Waals surface area contributed by atoms with Gasteiger partial charge in [-0.3, -0.25) is 29.1 Å². The van der Waals surface area contributed by atoms with Crippen molar-refractivity contribution in [1.29, 1.82) is 0 Å². The number of nitrogens with two attached hydrogens (primary N) is 2. The molecule has 4 amide bonds. The number of amides is 4. The maximum absolute atomic E-state index is 12.3. The number of primary amides is 1. The van der Waals surface area contributed by atoms with Gasteiger partial charge >= 0.3 is 5.97 Å². The lowest BCUT2D eigenvalue weighted by atomic mass is 9.85. The van der Waals surface area contributed by atoms with E-state index in [0.717, 1.165) is 0 Å². The molecule has 2 unspecified atom stereocenters. The molecule has 0 aliphatic heterocycles. The van der Waals surface area contributed by atoms with Crippen molar-refractivity contribution in [2.75, 3.05) is 13.1 Å². The van der Waals surface area contributed by atoms with Crippen LogP contribution in [0.4, 0.5) is 0 Å². The molecule has 0 aromatic rings. The van der Waals surface area contributed by atoms with Gasteiger partial charge in [0, 0.05) is 11.5 Å². The number of hydrogen-bond donors (Lipinski definition) is 6. The number of carbonyl (C=O) groups is 5. The van der Waals surface area contributed by atoms with Gasteiger partial charge in [-0.25, -0.2) is 0 Å². The largest absolute Gasteiger partial charge is 0.481 e. The van der Waals surface area contributed by atoms with Gasteiger partial charge in [0.1, 0.15) is 5.25 Å². The fourth-order valence-electron chi connectivity index (χ4n) is 2.25. The molecule has 0 bridgehead atoms. The molecule has 11 nitrogen and oxygen atoms in total. The first-order chi connectivity index (χ1) is 12.4. The number of aliphatic carboxylic acids is 1. The van der Waals surface area contributed by atoms with E-state index in [4.69, 9.17) is 16.0 Å². The minimum Gasteiger partial charge on any atom is -0.481 e. The van der Waals surface area contributed by atoms with Gasteiger partial charge in [-0.15, -0.1) is 0 Å². The van der Waals surface area contributed by atoms with E-state index >= 15 is 0 Å². The van der Waals surface area contributed by atoms with Crippen molar-refractivity contribution in [3.63, 3.8) is 0 Å². The fraction of sp³-hybridized carbons (Fsp3) is 0.667. The number of carboxylic acid groups (broad SMARTS) is 1. The Morgan fingerprint density at radius 2 is 1.70 bits per heavy atom. The minimum absolute atomic E-state index is 0.239. The highest BCUT2D eigenvalue weighted by Crippen LogP contribution is 2.23. The topological polar surface area (TPSA) is 194 Å². The third-order valence-corrected chi connectivity index (χ3v) is 4.22. The number of carbonyl (C=O) groups excluding carboxylic acids is 4. The predicted molar refractivity (Wildman–Crippen MR) is 99.0 cm³/mol. The quantitative estimate of drug-likeness (QED) is 0.202. The van der Waals surface area contributed by atoms with Crippen molar-refractivity contribution in [1.82, 2.24) is 16.0 Å². The highest BCUT2D eigenvalue weighted by molar-refractivity contribution is 7.98. The van der Waals surface area contributed by atoms with Crippen LogP contribution in [0.2, 0.25) is 0 Å². The summed E-state index contributed by atoms with van der Waals surface area (Å²) in [6, 6.07) is -0.439. The van der Waals surface area contributed by atoms with Crippen molar-refractivity contribution in [2.24, 2.45) is 16.3 Å². The summed E-state index contributed by atoms with van der Waals surface area (Å²) in [6.45, 7) is 4.31. The number of carboxylic acids is 1. The van der Waals surface area contributed by atoms with Crippen LogP contribution in [0, 0.1) is 5.41 Å². The van der Waals surface area contributed by atoms with Crippen LogP contribution in [0.15, 0.2) is 0 Å². The molecule has 0 saturated carbocycles. The van der Waals surface area contributed by atoms with Crippen molar-refractivity contribution in [2.45, 2.75) is 44.9 Å². The summed E-state index contributed by atoms with van der Waals surface area (Å²) >= 11 is 0.641. The molecular weight excluding hydrogens is 378 g/mol. The lowest BCUT2D eigenvalue weighted by Crippen LogP contribution is -2.47. The fourth-order valence-corrected chi connectivity index (χ4v) is 2.68. The average molecular weight is 405 g/mol. The van der Waals surface area contributed by atoms with E-state index < -0.39 is 52.7 Å². The van der Waals surface area contributed by atoms with Gasteiger partial charge in [-0.2, -0.15) is 0 Å². The first kappa shape index (κ1) is 24.7. The van der Waals surface area contributed by atoms with Crippen molar-refractivity contribution in [3.05, 3.63) is 0 Å². The minimum atomic E-state index is -1.14. The zero-order valence-electron chi connectivity index (χ0n) is 15.5. The van der Waals surface area contributed by atoms with Crippen LogP contribution in [0.3, 0.4) is 0 Å². The SMILES string of the molecule is CC(CC(C)(C)C(=O)NCC(=O)NCC(N)=O)NC(=O)C(CC(=O)O)SN. The molecule has 8 N–H and O–H groups in total. The van der Waals surface area contributed by atoms with E-state index in [1.165, 1.54) is 0 Å². The van der Waals surface area contributed by atoms with Gasteiger partial charge < -0.3 is 26.8 Å². The van der Waals surface area contributed by atoms with Crippen molar-refractivity contribution < 1.29 is 29.1 Å². The smallest absolute Gasteiger partial charge is 0.305 e. The summed E-state index contributed by atoms with van der Waals surface area (Å²) in [4.78, 5) is 57.1. The van der Waals surface area contributed by atoms with E-state index in [2.05, 4.69) is 16.0 Å². The highest BCUT2D eigenvalue weighted by Gasteiger charge is 2.31. The summed E-state index contributed by atoms with van der Waals surface area (Å²) < 4.78 is 0. The van der Waals surface area contributed by atoms with E-state index in [1.807, 2.05) is 0 Å². The second-order valence-corrected chi connectivity index (χ2v) is 7.49. The van der Waals surface area contributed by atoms with Gasteiger partial charge in [0.05, 0.1) is 19.5 Å². The Kier molecular flexibility index (Phi) is 10.4. The van der Waals surface area contributed by atoms with E-state index in [9.17, 15) is 24.0 Å². The Hall–Kier alpha value is -2.34. The lowest BCUT2D eigenvalue weighted by Gasteiger charge is -2.28. The maximum atomic E-state index is 12.3. The van der Waals surface area contributed by atoms with Crippen molar-refractivity contribution in [3.8, 4) is 0 Å². The molecule has 0 aliphatic rings. The first-order valence-corrected chi connectivity index (χ1v) is 9.04. The van der Waals surface area contributed by atoms with Crippen LogP contribution in [-0.4, -0.2) is 59.1 Å². The number of nitrogens with one attached hydrogen (secondary N) is 3. The van der Waals surface area contributed by atoms with E-state index in [-0.39, 0.29) is 19.5 Å². The second-order valence-electron chi connectivity index (χ2n) is 6.65. The molecule has 0 aliphatic carbocycles. The molecule has 0 fully saturated rings.